The highest BCUT2D eigenvalue weighted by Gasteiger charge is 2.15. The molecule has 0 amide bonds. The summed E-state index contributed by atoms with van der Waals surface area (Å²) >= 11 is 0. The molecule has 0 fully saturated rings. The molecule has 1 aromatic heterocycles. The molecule has 1 rings (SSSR count). The third-order valence-electron chi connectivity index (χ3n) is 1.37. The van der Waals surface area contributed by atoms with Crippen LogP contribution in [-0.4, -0.2) is 23.2 Å². The van der Waals surface area contributed by atoms with Crippen LogP contribution in [0, 0.1) is 0 Å². The first-order valence-electron chi connectivity index (χ1n) is 3.37. The van der Waals surface area contributed by atoms with Crippen molar-refractivity contribution in [3.05, 3.63) is 18.4 Å². The van der Waals surface area contributed by atoms with Crippen molar-refractivity contribution in [2.75, 3.05) is 7.11 Å². The summed E-state index contributed by atoms with van der Waals surface area (Å²) in [5.41, 5.74) is 0. The van der Waals surface area contributed by atoms with Gasteiger partial charge in [-0.25, -0.2) is 4.98 Å². The number of esters is 1. The lowest BCUT2D eigenvalue weighted by molar-refractivity contribution is -0.143. The predicted molar refractivity (Wildman–Crippen MR) is 38.1 cm³/mol. The van der Waals surface area contributed by atoms with Crippen molar-refractivity contribution < 1.29 is 19.1 Å². The highest BCUT2D eigenvalue weighted by Crippen LogP contribution is 2.15. The minimum absolute atomic E-state index is 0.119. The second-order valence-electron chi connectivity index (χ2n) is 2.20. The van der Waals surface area contributed by atoms with Crippen molar-refractivity contribution in [1.29, 1.82) is 0 Å². The molecule has 5 heteroatoms. The number of nitrogens with zero attached hydrogens (tertiary/aromatic N) is 1. The van der Waals surface area contributed by atoms with Crippen molar-refractivity contribution in [2.45, 2.75) is 12.5 Å². The Morgan fingerprint density at radius 3 is 3.17 bits per heavy atom. The fourth-order valence-corrected chi connectivity index (χ4v) is 0.732. The average molecular weight is 171 g/mol. The number of methoxy groups -OCH3 is 1. The fraction of sp³-hybridized carbons (Fsp3) is 0.429. The van der Waals surface area contributed by atoms with Gasteiger partial charge in [-0.05, 0) is 0 Å². The topological polar surface area (TPSA) is 72.6 Å². The van der Waals surface area contributed by atoms with E-state index in [-0.39, 0.29) is 12.2 Å². The summed E-state index contributed by atoms with van der Waals surface area (Å²) in [6.45, 7) is 0. The SMILES string of the molecule is COC(=O)CC(O)c1cnco1. The first-order valence-corrected chi connectivity index (χ1v) is 3.37. The predicted octanol–water partition coefficient (Wildman–Crippen LogP) is 0.271. The van der Waals surface area contributed by atoms with Gasteiger partial charge in [0.15, 0.2) is 12.2 Å². The van der Waals surface area contributed by atoms with Crippen LogP contribution in [0.1, 0.15) is 18.3 Å². The van der Waals surface area contributed by atoms with Crippen LogP contribution in [0.2, 0.25) is 0 Å². The van der Waals surface area contributed by atoms with E-state index in [1.165, 1.54) is 19.7 Å². The molecule has 1 aromatic rings. The first-order chi connectivity index (χ1) is 5.74. The number of aromatic nitrogens is 1. The lowest BCUT2D eigenvalue weighted by Gasteiger charge is -2.03. The molecule has 0 aliphatic carbocycles. The molecule has 66 valence electrons. The normalized spacial score (nSPS) is 12.5. The van der Waals surface area contributed by atoms with E-state index >= 15 is 0 Å². The monoisotopic (exact) mass is 171 g/mol. The zero-order chi connectivity index (χ0) is 8.97. The van der Waals surface area contributed by atoms with Gasteiger partial charge in [-0.3, -0.25) is 4.79 Å². The lowest BCUT2D eigenvalue weighted by Crippen LogP contribution is -2.07. The van der Waals surface area contributed by atoms with Gasteiger partial charge in [0.05, 0.1) is 19.7 Å². The third-order valence-corrected chi connectivity index (χ3v) is 1.37. The van der Waals surface area contributed by atoms with Crippen LogP contribution in [-0.2, 0) is 9.53 Å². The number of ether oxygens (including phenoxy) is 1. The van der Waals surface area contributed by atoms with Gasteiger partial charge < -0.3 is 14.3 Å². The number of aliphatic hydroxyl groups excluding tert-OH is 1. The van der Waals surface area contributed by atoms with Crippen molar-refractivity contribution in [2.24, 2.45) is 0 Å². The Balaban J connectivity index is 2.49. The van der Waals surface area contributed by atoms with Gasteiger partial charge in [-0.1, -0.05) is 0 Å². The van der Waals surface area contributed by atoms with E-state index in [1.807, 2.05) is 0 Å². The van der Waals surface area contributed by atoms with Gasteiger partial charge in [0.1, 0.15) is 6.10 Å². The maximum absolute atomic E-state index is 10.7. The van der Waals surface area contributed by atoms with E-state index in [0.717, 1.165) is 0 Å². The Morgan fingerprint density at radius 1 is 1.92 bits per heavy atom. The molecule has 1 heterocycles. The Kier molecular flexibility index (Phi) is 2.82. The molecule has 0 saturated carbocycles. The number of hydrogen-bond donors (Lipinski definition) is 1. The van der Waals surface area contributed by atoms with Gasteiger partial charge in [0, 0.05) is 0 Å². The quantitative estimate of drug-likeness (QED) is 0.661. The highest BCUT2D eigenvalue weighted by atomic mass is 16.5. The Morgan fingerprint density at radius 2 is 2.67 bits per heavy atom. The molecule has 0 aliphatic rings. The van der Waals surface area contributed by atoms with E-state index in [2.05, 4.69) is 9.72 Å². The van der Waals surface area contributed by atoms with Gasteiger partial charge in [0.25, 0.3) is 0 Å². The van der Waals surface area contributed by atoms with Crippen LogP contribution < -0.4 is 0 Å². The smallest absolute Gasteiger partial charge is 0.308 e. The van der Waals surface area contributed by atoms with Crippen LogP contribution >= 0.6 is 0 Å². The second-order valence-corrected chi connectivity index (χ2v) is 2.20. The summed E-state index contributed by atoms with van der Waals surface area (Å²) in [5, 5.41) is 9.28. The summed E-state index contributed by atoms with van der Waals surface area (Å²) in [7, 11) is 1.26. The summed E-state index contributed by atoms with van der Waals surface area (Å²) in [4.78, 5) is 14.3. The number of oxazole rings is 1. The van der Waals surface area contributed by atoms with E-state index in [9.17, 15) is 9.90 Å². The number of carbonyl (C=O) groups is 1. The molecule has 0 bridgehead atoms. The van der Waals surface area contributed by atoms with Gasteiger partial charge >= 0.3 is 5.97 Å². The molecular weight excluding hydrogens is 162 g/mol. The fourth-order valence-electron chi connectivity index (χ4n) is 0.732. The maximum atomic E-state index is 10.7. The Hall–Kier alpha value is -1.36. The van der Waals surface area contributed by atoms with Gasteiger partial charge in [-0.2, -0.15) is 0 Å². The van der Waals surface area contributed by atoms with E-state index < -0.39 is 12.1 Å². The van der Waals surface area contributed by atoms with Crippen molar-refractivity contribution in [1.82, 2.24) is 4.98 Å². The third kappa shape index (κ3) is 2.06. The molecule has 0 radical (unpaired) electrons. The van der Waals surface area contributed by atoms with Crippen LogP contribution in [0.4, 0.5) is 0 Å². The van der Waals surface area contributed by atoms with Crippen molar-refractivity contribution in [3.63, 3.8) is 0 Å². The highest BCUT2D eigenvalue weighted by molar-refractivity contribution is 5.69. The van der Waals surface area contributed by atoms with Crippen molar-refractivity contribution >= 4 is 5.97 Å². The lowest BCUT2D eigenvalue weighted by atomic mass is 10.2. The zero-order valence-corrected chi connectivity index (χ0v) is 6.56. The zero-order valence-electron chi connectivity index (χ0n) is 6.56. The molecule has 0 saturated heterocycles. The molecule has 1 N–H and O–H groups in total. The standard InChI is InChI=1S/C7H9NO4/c1-11-7(10)2-5(9)6-3-8-4-12-6/h3-5,9H,2H2,1H3. The molecule has 0 aromatic carbocycles. The van der Waals surface area contributed by atoms with Crippen LogP contribution in [0.3, 0.4) is 0 Å². The van der Waals surface area contributed by atoms with Gasteiger partial charge in [0.2, 0.25) is 0 Å². The second kappa shape index (κ2) is 3.87. The summed E-state index contributed by atoms with van der Waals surface area (Å²) in [5.74, 6) is -0.223. The van der Waals surface area contributed by atoms with E-state index in [1.54, 1.807) is 0 Å². The van der Waals surface area contributed by atoms with Crippen LogP contribution in [0.5, 0.6) is 0 Å². The van der Waals surface area contributed by atoms with E-state index in [4.69, 9.17) is 4.42 Å². The first kappa shape index (κ1) is 8.73. The molecule has 1 unspecified atom stereocenters. The number of aliphatic hydroxyl groups is 1. The largest absolute Gasteiger partial charge is 0.469 e. The minimum atomic E-state index is -0.972. The Labute approximate surface area is 69.0 Å². The Bertz CT molecular complexity index is 244. The molecule has 1 atom stereocenters. The number of carbonyl (C=O) groups excluding carboxylic acids is 1. The summed E-state index contributed by atoms with van der Waals surface area (Å²) < 4.78 is 9.13. The molecule has 12 heavy (non-hydrogen) atoms. The summed E-state index contributed by atoms with van der Waals surface area (Å²) in [6, 6.07) is 0. The maximum Gasteiger partial charge on any atom is 0.308 e. The average Bonchev–Trinajstić information content (AvgIpc) is 2.56. The van der Waals surface area contributed by atoms with Gasteiger partial charge in [-0.15, -0.1) is 0 Å². The van der Waals surface area contributed by atoms with Crippen molar-refractivity contribution in [3.8, 4) is 0 Å². The van der Waals surface area contributed by atoms with E-state index in [0.29, 0.717) is 0 Å². The minimum Gasteiger partial charge on any atom is -0.469 e. The molecule has 0 aliphatic heterocycles. The molecule has 0 spiro atoms. The molecule has 5 nitrogen and oxygen atoms in total. The van der Waals surface area contributed by atoms with Crippen LogP contribution in [0.25, 0.3) is 0 Å². The number of hydrogen-bond acceptors (Lipinski definition) is 5. The van der Waals surface area contributed by atoms with Crippen LogP contribution in [0.15, 0.2) is 17.0 Å². The number of rotatable bonds is 3. The molecular formula is C7H9NO4. The summed E-state index contributed by atoms with van der Waals surface area (Å²) in [6.07, 6.45) is 1.45.